The van der Waals surface area contributed by atoms with E-state index in [9.17, 15) is 39.6 Å². The third kappa shape index (κ3) is 3.11. The van der Waals surface area contributed by atoms with Crippen LogP contribution in [-0.2, 0) is 19.1 Å². The molecule has 186 valence electrons. The Kier molecular flexibility index (Phi) is 5.53. The first kappa shape index (κ1) is 24.4. The number of carbonyl (C=O) groups is 4. The van der Waals surface area contributed by atoms with Gasteiger partial charge in [0, 0.05) is 18.4 Å². The second kappa shape index (κ2) is 7.92. The van der Waals surface area contributed by atoms with Crippen molar-refractivity contribution in [2.45, 2.75) is 37.5 Å². The minimum absolute atomic E-state index is 0.123. The molecule has 6 unspecified atom stereocenters. The minimum atomic E-state index is -2.94. The first-order valence-electron chi connectivity index (χ1n) is 10.9. The number of benzene rings is 1. The SMILES string of the molecule is CC(=O)OC1C2C(=C(O)C3(O)C(=O)C(C(N)=O)=C(O)C(N(C)C)C13)C(=O)c1c(O)cccc1C2C. The number of nitrogens with zero attached hydrogens (tertiary/aromatic N) is 1. The molecule has 4 rings (SSSR count). The molecule has 1 aromatic carbocycles. The number of Topliss-reactive ketones (excluding diaryl/α,β-unsaturated/α-hetero) is 2. The molecule has 1 amide bonds. The van der Waals surface area contributed by atoms with Crippen molar-refractivity contribution in [3.63, 3.8) is 0 Å². The van der Waals surface area contributed by atoms with Crippen LogP contribution in [0.5, 0.6) is 5.75 Å². The molecule has 6 N–H and O–H groups in total. The number of phenolic OH excluding ortho intramolecular Hbond substituents is 1. The lowest BCUT2D eigenvalue weighted by molar-refractivity contribution is -0.179. The number of esters is 1. The summed E-state index contributed by atoms with van der Waals surface area (Å²) in [6.45, 7) is 2.79. The number of hydrogen-bond acceptors (Lipinski definition) is 10. The Morgan fingerprint density at radius 3 is 2.31 bits per heavy atom. The highest BCUT2D eigenvalue weighted by Crippen LogP contribution is 2.56. The summed E-state index contributed by atoms with van der Waals surface area (Å²) in [6, 6.07) is 3.12. The van der Waals surface area contributed by atoms with Crippen molar-refractivity contribution in [3.8, 4) is 5.75 Å². The Balaban J connectivity index is 2.11. The van der Waals surface area contributed by atoms with Gasteiger partial charge in [-0.1, -0.05) is 19.1 Å². The number of hydrogen-bond donors (Lipinski definition) is 5. The molecular formula is C24H26N2O9. The molecule has 3 aliphatic rings. The zero-order chi connectivity index (χ0) is 26.1. The van der Waals surface area contributed by atoms with Gasteiger partial charge in [-0.05, 0) is 31.6 Å². The predicted molar refractivity (Wildman–Crippen MR) is 119 cm³/mol. The van der Waals surface area contributed by atoms with Crippen molar-refractivity contribution in [1.82, 2.24) is 4.90 Å². The lowest BCUT2D eigenvalue weighted by atomic mass is 9.55. The van der Waals surface area contributed by atoms with Crippen molar-refractivity contribution in [2.75, 3.05) is 14.1 Å². The van der Waals surface area contributed by atoms with Crippen LogP contribution in [0.4, 0.5) is 0 Å². The number of nitrogens with two attached hydrogens (primary N) is 1. The molecule has 0 aliphatic heterocycles. The van der Waals surface area contributed by atoms with Crippen LogP contribution in [0.25, 0.3) is 0 Å². The lowest BCUT2D eigenvalue weighted by Gasteiger charge is -2.54. The molecule has 11 nitrogen and oxygen atoms in total. The number of fused-ring (bicyclic) bond motifs is 3. The van der Waals surface area contributed by atoms with E-state index < -0.39 is 81.6 Å². The molecule has 1 aromatic rings. The summed E-state index contributed by atoms with van der Waals surface area (Å²) in [5.41, 5.74) is 1.32. The average molecular weight is 486 g/mol. The van der Waals surface area contributed by atoms with E-state index in [0.29, 0.717) is 5.56 Å². The fraction of sp³-hybridized carbons (Fsp3) is 0.417. The second-order valence-electron chi connectivity index (χ2n) is 9.38. The number of likely N-dealkylation sites (N-methyl/N-ethyl adjacent to an activating group) is 1. The zero-order valence-electron chi connectivity index (χ0n) is 19.5. The monoisotopic (exact) mass is 486 g/mol. The number of aliphatic hydroxyl groups excluding tert-OH is 2. The van der Waals surface area contributed by atoms with Gasteiger partial charge in [-0.15, -0.1) is 0 Å². The maximum Gasteiger partial charge on any atom is 0.302 e. The maximum absolute atomic E-state index is 13.6. The number of primary amides is 1. The molecule has 0 fully saturated rings. The summed E-state index contributed by atoms with van der Waals surface area (Å²) in [5, 5.41) is 44.5. The number of ketones is 2. The molecule has 0 radical (unpaired) electrons. The van der Waals surface area contributed by atoms with Crippen LogP contribution >= 0.6 is 0 Å². The molecule has 0 saturated carbocycles. The van der Waals surface area contributed by atoms with Crippen LogP contribution in [0.1, 0.15) is 35.7 Å². The van der Waals surface area contributed by atoms with Crippen LogP contribution in [0, 0.1) is 11.8 Å². The number of ether oxygens (including phenoxy) is 1. The van der Waals surface area contributed by atoms with Gasteiger partial charge in [-0.3, -0.25) is 24.1 Å². The summed E-state index contributed by atoms with van der Waals surface area (Å²) in [7, 11) is 2.97. The van der Waals surface area contributed by atoms with Gasteiger partial charge in [-0.25, -0.2) is 0 Å². The van der Waals surface area contributed by atoms with Gasteiger partial charge in [0.15, 0.2) is 11.4 Å². The fourth-order valence-electron chi connectivity index (χ4n) is 5.89. The Hall–Kier alpha value is -3.70. The third-order valence-electron chi connectivity index (χ3n) is 7.27. The van der Waals surface area contributed by atoms with E-state index in [-0.39, 0.29) is 11.3 Å². The highest BCUT2D eigenvalue weighted by Gasteiger charge is 2.68. The van der Waals surface area contributed by atoms with Crippen molar-refractivity contribution in [3.05, 3.63) is 52.0 Å². The summed E-state index contributed by atoms with van der Waals surface area (Å²) in [5.74, 6) is -9.78. The average Bonchev–Trinajstić information content (AvgIpc) is 2.75. The molecule has 35 heavy (non-hydrogen) atoms. The van der Waals surface area contributed by atoms with Gasteiger partial charge < -0.3 is 30.9 Å². The largest absolute Gasteiger partial charge is 0.510 e. The highest BCUT2D eigenvalue weighted by molar-refractivity contribution is 6.25. The molecule has 0 spiro atoms. The zero-order valence-corrected chi connectivity index (χ0v) is 19.5. The maximum atomic E-state index is 13.6. The first-order valence-corrected chi connectivity index (χ1v) is 10.9. The highest BCUT2D eigenvalue weighted by atomic mass is 16.5. The van der Waals surface area contributed by atoms with Crippen LogP contribution in [0.2, 0.25) is 0 Å². The topological polar surface area (TPSA) is 188 Å². The van der Waals surface area contributed by atoms with E-state index in [1.165, 1.54) is 31.1 Å². The molecule has 0 bridgehead atoms. The number of phenols is 1. The second-order valence-corrected chi connectivity index (χ2v) is 9.38. The van der Waals surface area contributed by atoms with Crippen LogP contribution < -0.4 is 5.73 Å². The van der Waals surface area contributed by atoms with E-state index in [2.05, 4.69) is 0 Å². The summed E-state index contributed by atoms with van der Waals surface area (Å²) >= 11 is 0. The normalized spacial score (nSPS) is 32.2. The number of aromatic hydroxyl groups is 1. The Bertz CT molecular complexity index is 1250. The summed E-state index contributed by atoms with van der Waals surface area (Å²) in [4.78, 5) is 52.7. The summed E-state index contributed by atoms with van der Waals surface area (Å²) in [6.07, 6.45) is -1.40. The quantitative estimate of drug-likeness (QED) is 0.292. The molecule has 0 saturated heterocycles. The van der Waals surface area contributed by atoms with Crippen LogP contribution in [0.3, 0.4) is 0 Å². The van der Waals surface area contributed by atoms with Crippen LogP contribution in [-0.4, -0.2) is 80.6 Å². The number of carbonyl (C=O) groups excluding carboxylic acids is 4. The van der Waals surface area contributed by atoms with Gasteiger partial charge in [0.2, 0.25) is 5.78 Å². The number of amides is 1. The Labute approximate surface area is 200 Å². The van der Waals surface area contributed by atoms with Gasteiger partial charge in [0.1, 0.15) is 28.9 Å². The fourth-order valence-corrected chi connectivity index (χ4v) is 5.89. The van der Waals surface area contributed by atoms with Gasteiger partial charge >= 0.3 is 5.97 Å². The van der Waals surface area contributed by atoms with Gasteiger partial charge in [0.25, 0.3) is 5.91 Å². The Morgan fingerprint density at radius 2 is 1.77 bits per heavy atom. The number of aliphatic hydroxyl groups is 3. The molecule has 0 heterocycles. The van der Waals surface area contributed by atoms with E-state index >= 15 is 0 Å². The molecular weight excluding hydrogens is 460 g/mol. The summed E-state index contributed by atoms with van der Waals surface area (Å²) < 4.78 is 5.59. The smallest absolute Gasteiger partial charge is 0.302 e. The van der Waals surface area contributed by atoms with E-state index in [4.69, 9.17) is 10.5 Å². The first-order chi connectivity index (χ1) is 16.3. The van der Waals surface area contributed by atoms with E-state index in [1.807, 2.05) is 0 Å². The molecule has 3 aliphatic carbocycles. The molecule has 11 heteroatoms. The van der Waals surface area contributed by atoms with Crippen molar-refractivity contribution >= 4 is 23.4 Å². The van der Waals surface area contributed by atoms with E-state index in [1.54, 1.807) is 13.0 Å². The molecule has 6 atom stereocenters. The predicted octanol–water partition coefficient (Wildman–Crippen LogP) is 0.223. The Morgan fingerprint density at radius 1 is 1.14 bits per heavy atom. The van der Waals surface area contributed by atoms with Crippen molar-refractivity contribution in [2.24, 2.45) is 17.6 Å². The van der Waals surface area contributed by atoms with Crippen molar-refractivity contribution in [1.29, 1.82) is 0 Å². The number of rotatable bonds is 3. The van der Waals surface area contributed by atoms with Crippen LogP contribution in [0.15, 0.2) is 40.9 Å². The van der Waals surface area contributed by atoms with Crippen molar-refractivity contribution < 1.29 is 44.3 Å². The van der Waals surface area contributed by atoms with Gasteiger partial charge in [-0.2, -0.15) is 0 Å². The van der Waals surface area contributed by atoms with E-state index in [0.717, 1.165) is 6.92 Å². The standard InChI is InChI=1S/C24H26N2O9/c1-8-10-6-5-7-11(28)13(10)18(29)14-12(8)20(35-9(2)27)16-17(26(3)4)19(30)15(23(25)33)22(32)24(16,34)21(14)31/h5-8,12,16-17,20,28,30-31,34H,1-4H3,(H2,25,33). The van der Waals surface area contributed by atoms with Gasteiger partial charge in [0.05, 0.1) is 17.5 Å². The lowest BCUT2D eigenvalue weighted by Crippen LogP contribution is -2.69. The minimum Gasteiger partial charge on any atom is -0.510 e. The third-order valence-corrected chi connectivity index (χ3v) is 7.27. The molecule has 0 aromatic heterocycles.